The highest BCUT2D eigenvalue weighted by molar-refractivity contribution is 7.11. The van der Waals surface area contributed by atoms with Gasteiger partial charge in [-0.3, -0.25) is 0 Å². The molecule has 0 saturated carbocycles. The maximum Gasteiger partial charge on any atom is 0.151 e. The van der Waals surface area contributed by atoms with E-state index >= 15 is 0 Å². The Morgan fingerprint density at radius 1 is 1.33 bits per heavy atom. The number of pyridine rings is 1. The zero-order valence-corrected chi connectivity index (χ0v) is 13.1. The van der Waals surface area contributed by atoms with Crippen molar-refractivity contribution in [3.05, 3.63) is 40.2 Å². The number of aliphatic hydroxyl groups is 1. The van der Waals surface area contributed by atoms with Gasteiger partial charge in [0.25, 0.3) is 0 Å². The van der Waals surface area contributed by atoms with Gasteiger partial charge in [0.15, 0.2) is 5.82 Å². The van der Waals surface area contributed by atoms with Crippen LogP contribution in [0.5, 0.6) is 0 Å². The topological polar surface area (TPSA) is 48.4 Å². The van der Waals surface area contributed by atoms with Gasteiger partial charge in [-0.25, -0.2) is 4.98 Å². The lowest BCUT2D eigenvalue weighted by Gasteiger charge is -2.31. The predicted octanol–water partition coefficient (Wildman–Crippen LogP) is 3.02. The van der Waals surface area contributed by atoms with Gasteiger partial charge in [0.05, 0.1) is 11.8 Å². The van der Waals surface area contributed by atoms with Crippen molar-refractivity contribution in [1.82, 2.24) is 4.98 Å². The van der Waals surface area contributed by atoms with Gasteiger partial charge >= 0.3 is 0 Å². The summed E-state index contributed by atoms with van der Waals surface area (Å²) in [5, 5.41) is 13.1. The molecule has 1 aliphatic heterocycles. The van der Waals surface area contributed by atoms with E-state index < -0.39 is 0 Å². The van der Waals surface area contributed by atoms with Crippen molar-refractivity contribution >= 4 is 22.8 Å². The van der Waals surface area contributed by atoms with Crippen molar-refractivity contribution in [2.45, 2.75) is 32.4 Å². The summed E-state index contributed by atoms with van der Waals surface area (Å²) < 4.78 is 0. The van der Waals surface area contributed by atoms with Crippen LogP contribution in [0, 0.1) is 6.92 Å². The molecule has 5 heteroatoms. The van der Waals surface area contributed by atoms with E-state index in [0.717, 1.165) is 44.0 Å². The molecule has 2 N–H and O–H groups in total. The molecule has 0 spiro atoms. The van der Waals surface area contributed by atoms with Crippen LogP contribution in [0.1, 0.15) is 22.6 Å². The Hall–Kier alpha value is -1.59. The largest absolute Gasteiger partial charge is 0.393 e. The molecule has 4 nitrogen and oxygen atoms in total. The van der Waals surface area contributed by atoms with Crippen LogP contribution in [0.2, 0.25) is 0 Å². The van der Waals surface area contributed by atoms with E-state index in [4.69, 9.17) is 0 Å². The number of thiophene rings is 1. The first-order valence-electron chi connectivity index (χ1n) is 7.39. The third kappa shape index (κ3) is 3.54. The normalized spacial score (nSPS) is 16.2. The first kappa shape index (κ1) is 14.4. The standard InChI is InChI=1S/C16H21N3OS/c1-12-4-5-14(21-12)11-18-15-3-2-8-17-16(15)19-9-6-13(20)7-10-19/h2-5,8,13,18,20H,6-7,9-11H2,1H3. The molecule has 1 fully saturated rings. The molecule has 0 radical (unpaired) electrons. The lowest BCUT2D eigenvalue weighted by atomic mass is 10.1. The summed E-state index contributed by atoms with van der Waals surface area (Å²) in [5.41, 5.74) is 1.07. The van der Waals surface area contributed by atoms with E-state index in [1.807, 2.05) is 23.6 Å². The van der Waals surface area contributed by atoms with Gasteiger partial charge < -0.3 is 15.3 Å². The predicted molar refractivity (Wildman–Crippen MR) is 88.1 cm³/mol. The minimum atomic E-state index is -0.157. The molecule has 2 aromatic rings. The Labute approximate surface area is 129 Å². The first-order valence-corrected chi connectivity index (χ1v) is 8.21. The fourth-order valence-electron chi connectivity index (χ4n) is 2.63. The second kappa shape index (κ2) is 6.45. The van der Waals surface area contributed by atoms with Crippen molar-refractivity contribution in [3.8, 4) is 0 Å². The molecule has 3 rings (SSSR count). The minimum absolute atomic E-state index is 0.157. The molecule has 21 heavy (non-hydrogen) atoms. The number of aliphatic hydroxyl groups excluding tert-OH is 1. The van der Waals surface area contributed by atoms with Crippen molar-refractivity contribution in [2.75, 3.05) is 23.3 Å². The Morgan fingerprint density at radius 2 is 2.14 bits per heavy atom. The van der Waals surface area contributed by atoms with E-state index in [1.165, 1.54) is 9.75 Å². The van der Waals surface area contributed by atoms with Crippen LogP contribution >= 0.6 is 11.3 Å². The molecule has 0 unspecified atom stereocenters. The fourth-order valence-corrected chi connectivity index (χ4v) is 3.46. The molecule has 0 bridgehead atoms. The molecular formula is C16H21N3OS. The van der Waals surface area contributed by atoms with Crippen LogP contribution in [0.3, 0.4) is 0 Å². The van der Waals surface area contributed by atoms with Gasteiger partial charge in [0.1, 0.15) is 0 Å². The summed E-state index contributed by atoms with van der Waals surface area (Å²) in [6.07, 6.45) is 3.32. The van der Waals surface area contributed by atoms with Gasteiger partial charge in [-0.15, -0.1) is 11.3 Å². The molecule has 3 heterocycles. The van der Waals surface area contributed by atoms with Gasteiger partial charge in [-0.05, 0) is 44.0 Å². The van der Waals surface area contributed by atoms with Crippen LogP contribution < -0.4 is 10.2 Å². The van der Waals surface area contributed by atoms with E-state index in [0.29, 0.717) is 0 Å². The van der Waals surface area contributed by atoms with Crippen molar-refractivity contribution in [1.29, 1.82) is 0 Å². The van der Waals surface area contributed by atoms with Gasteiger partial charge in [-0.2, -0.15) is 0 Å². The van der Waals surface area contributed by atoms with Crippen molar-refractivity contribution in [2.24, 2.45) is 0 Å². The van der Waals surface area contributed by atoms with Crippen LogP contribution in [-0.2, 0) is 6.54 Å². The Bertz CT molecular complexity index is 591. The maximum absolute atomic E-state index is 9.64. The van der Waals surface area contributed by atoms with E-state index in [1.54, 1.807) is 0 Å². The second-order valence-corrected chi connectivity index (χ2v) is 6.83. The van der Waals surface area contributed by atoms with Gasteiger partial charge in [-0.1, -0.05) is 0 Å². The molecule has 0 aromatic carbocycles. The van der Waals surface area contributed by atoms with Crippen LogP contribution in [0.4, 0.5) is 11.5 Å². The number of aromatic nitrogens is 1. The molecule has 0 aliphatic carbocycles. The smallest absolute Gasteiger partial charge is 0.151 e. The van der Waals surface area contributed by atoms with Crippen molar-refractivity contribution in [3.63, 3.8) is 0 Å². The number of nitrogens with zero attached hydrogens (tertiary/aromatic N) is 2. The summed E-state index contributed by atoms with van der Waals surface area (Å²) in [7, 11) is 0. The third-order valence-corrected chi connectivity index (χ3v) is 4.80. The lowest BCUT2D eigenvalue weighted by molar-refractivity contribution is 0.145. The Kier molecular flexibility index (Phi) is 4.41. The molecule has 112 valence electrons. The van der Waals surface area contributed by atoms with Crippen LogP contribution in [0.25, 0.3) is 0 Å². The number of rotatable bonds is 4. The summed E-state index contributed by atoms with van der Waals surface area (Å²) in [5.74, 6) is 0.998. The van der Waals surface area contributed by atoms with Gasteiger partial charge in [0.2, 0.25) is 0 Å². The molecule has 2 aromatic heterocycles. The van der Waals surface area contributed by atoms with Crippen LogP contribution in [0.15, 0.2) is 30.5 Å². The molecule has 0 amide bonds. The molecule has 1 aliphatic rings. The monoisotopic (exact) mass is 303 g/mol. The average Bonchev–Trinajstić information content (AvgIpc) is 2.92. The number of piperidine rings is 1. The molecular weight excluding hydrogens is 282 g/mol. The number of nitrogens with one attached hydrogen (secondary N) is 1. The summed E-state index contributed by atoms with van der Waals surface area (Å²) >= 11 is 1.82. The van der Waals surface area contributed by atoms with Gasteiger partial charge in [0, 0.05) is 35.6 Å². The summed E-state index contributed by atoms with van der Waals surface area (Å²) in [4.78, 5) is 9.46. The summed E-state index contributed by atoms with van der Waals surface area (Å²) in [6.45, 7) is 4.69. The van der Waals surface area contributed by atoms with Crippen molar-refractivity contribution < 1.29 is 5.11 Å². The second-order valence-electron chi connectivity index (χ2n) is 5.46. The minimum Gasteiger partial charge on any atom is -0.393 e. The lowest BCUT2D eigenvalue weighted by Crippen LogP contribution is -2.36. The SMILES string of the molecule is Cc1ccc(CNc2cccnc2N2CCC(O)CC2)s1. The zero-order valence-electron chi connectivity index (χ0n) is 12.2. The highest BCUT2D eigenvalue weighted by atomic mass is 32.1. The number of aryl methyl sites for hydroxylation is 1. The Morgan fingerprint density at radius 3 is 2.86 bits per heavy atom. The number of anilines is 2. The average molecular weight is 303 g/mol. The number of hydrogen-bond acceptors (Lipinski definition) is 5. The Balaban J connectivity index is 1.70. The zero-order chi connectivity index (χ0) is 14.7. The van der Waals surface area contributed by atoms with Crippen LogP contribution in [-0.4, -0.2) is 29.3 Å². The quantitative estimate of drug-likeness (QED) is 0.911. The third-order valence-electron chi connectivity index (χ3n) is 3.80. The highest BCUT2D eigenvalue weighted by Crippen LogP contribution is 2.27. The first-order chi connectivity index (χ1) is 10.2. The fraction of sp³-hybridized carbons (Fsp3) is 0.438. The van der Waals surface area contributed by atoms with E-state index in [-0.39, 0.29) is 6.10 Å². The summed E-state index contributed by atoms with van der Waals surface area (Å²) in [6, 6.07) is 8.36. The molecule has 0 atom stereocenters. The maximum atomic E-state index is 9.64. The molecule has 1 saturated heterocycles. The van der Waals surface area contributed by atoms with E-state index in [2.05, 4.69) is 40.3 Å². The van der Waals surface area contributed by atoms with E-state index in [9.17, 15) is 5.11 Å². The number of hydrogen-bond donors (Lipinski definition) is 2. The highest BCUT2D eigenvalue weighted by Gasteiger charge is 2.20.